The highest BCUT2D eigenvalue weighted by atomic mass is 16.6. The van der Waals surface area contributed by atoms with Gasteiger partial charge in [0.15, 0.2) is 12.2 Å². The minimum Gasteiger partial charge on any atom is -0.354 e. The fourth-order valence-corrected chi connectivity index (χ4v) is 3.86. The molecule has 186 valence electrons. The Kier molecular flexibility index (Phi) is 8.44. The van der Waals surface area contributed by atoms with E-state index in [1.807, 2.05) is 72.8 Å². The van der Waals surface area contributed by atoms with E-state index in [9.17, 15) is 14.4 Å². The minimum atomic E-state index is -0.941. The molecule has 36 heavy (non-hydrogen) atoms. The highest BCUT2D eigenvalue weighted by Crippen LogP contribution is 2.24. The monoisotopic (exact) mass is 486 g/mol. The number of anilines is 1. The molecule has 5 N–H and O–H groups in total. The lowest BCUT2D eigenvalue weighted by atomic mass is 10.0. The molecular formula is C28H30N4O4. The van der Waals surface area contributed by atoms with Crippen LogP contribution in [0.1, 0.15) is 16.7 Å². The highest BCUT2D eigenvalue weighted by Gasteiger charge is 2.51. The highest BCUT2D eigenvalue weighted by molar-refractivity contribution is 6.02. The maximum Gasteiger partial charge on any atom is 0.256 e. The summed E-state index contributed by atoms with van der Waals surface area (Å²) in [6, 6.07) is 25.6. The second-order valence-corrected chi connectivity index (χ2v) is 8.65. The zero-order valence-electron chi connectivity index (χ0n) is 19.9. The molecule has 2 unspecified atom stereocenters. The number of rotatable bonds is 11. The molecule has 3 atom stereocenters. The van der Waals surface area contributed by atoms with Crippen LogP contribution < -0.4 is 21.7 Å². The van der Waals surface area contributed by atoms with Crippen LogP contribution in [0.25, 0.3) is 0 Å². The average Bonchev–Trinajstić information content (AvgIpc) is 3.71. The van der Waals surface area contributed by atoms with E-state index in [2.05, 4.69) is 16.0 Å². The number of hydrogen-bond donors (Lipinski definition) is 4. The van der Waals surface area contributed by atoms with E-state index in [4.69, 9.17) is 10.5 Å². The summed E-state index contributed by atoms with van der Waals surface area (Å²) >= 11 is 0. The molecule has 3 amide bonds. The van der Waals surface area contributed by atoms with E-state index in [0.717, 1.165) is 16.7 Å². The fourth-order valence-electron chi connectivity index (χ4n) is 3.86. The minimum absolute atomic E-state index is 0.287. The van der Waals surface area contributed by atoms with Gasteiger partial charge in [0.05, 0.1) is 0 Å². The van der Waals surface area contributed by atoms with E-state index in [0.29, 0.717) is 31.6 Å². The number of carbonyl (C=O) groups excluding carboxylic acids is 3. The smallest absolute Gasteiger partial charge is 0.256 e. The molecule has 1 saturated heterocycles. The first-order valence-corrected chi connectivity index (χ1v) is 11.9. The van der Waals surface area contributed by atoms with Crippen molar-refractivity contribution < 1.29 is 19.1 Å². The summed E-state index contributed by atoms with van der Waals surface area (Å²) in [7, 11) is 0. The lowest BCUT2D eigenvalue weighted by Gasteiger charge is -2.18. The second-order valence-electron chi connectivity index (χ2n) is 8.65. The molecule has 0 radical (unpaired) electrons. The molecule has 0 saturated carbocycles. The van der Waals surface area contributed by atoms with Crippen LogP contribution in [-0.4, -0.2) is 42.5 Å². The molecule has 8 heteroatoms. The van der Waals surface area contributed by atoms with Gasteiger partial charge in [0.2, 0.25) is 5.91 Å². The Morgan fingerprint density at radius 1 is 0.778 bits per heavy atom. The van der Waals surface area contributed by atoms with Crippen LogP contribution in [-0.2, 0) is 38.5 Å². The Morgan fingerprint density at radius 2 is 1.39 bits per heavy atom. The first-order valence-electron chi connectivity index (χ1n) is 11.9. The van der Waals surface area contributed by atoms with Gasteiger partial charge in [0.1, 0.15) is 6.04 Å². The SMILES string of the molecule is NCc1ccc(NC(=O)C2OC2C(=O)N[C@@H](Cc2ccccc2)C(=O)NCCc2ccccc2)cc1. The van der Waals surface area contributed by atoms with Gasteiger partial charge in [-0.15, -0.1) is 0 Å². The van der Waals surface area contributed by atoms with Gasteiger partial charge in [-0.1, -0.05) is 72.8 Å². The zero-order chi connectivity index (χ0) is 25.3. The first kappa shape index (κ1) is 25.1. The molecule has 0 aliphatic carbocycles. The third-order valence-corrected chi connectivity index (χ3v) is 5.94. The van der Waals surface area contributed by atoms with E-state index >= 15 is 0 Å². The van der Waals surface area contributed by atoms with Gasteiger partial charge in [-0.25, -0.2) is 0 Å². The molecule has 0 bridgehead atoms. The summed E-state index contributed by atoms with van der Waals surface area (Å²) in [5.74, 6) is -1.19. The molecule has 1 aliphatic rings. The Morgan fingerprint density at radius 3 is 2.03 bits per heavy atom. The number of ether oxygens (including phenoxy) is 1. The summed E-state index contributed by atoms with van der Waals surface area (Å²) in [5.41, 5.74) is 9.15. The number of epoxide rings is 1. The van der Waals surface area contributed by atoms with E-state index in [1.165, 1.54) is 0 Å². The number of carbonyl (C=O) groups is 3. The standard InChI is InChI=1S/C28H30N4O4/c29-18-21-11-13-22(14-12-21)31-27(34)24-25(36-24)28(35)32-23(17-20-9-5-2-6-10-20)26(33)30-16-15-19-7-3-1-4-8-19/h1-14,23-25H,15-18,29H2,(H,30,33)(H,31,34)(H,32,35)/t23-,24?,25?/m0/s1. The molecule has 0 aromatic heterocycles. The summed E-state index contributed by atoms with van der Waals surface area (Å²) in [5, 5.41) is 8.41. The van der Waals surface area contributed by atoms with Crippen LogP contribution >= 0.6 is 0 Å². The van der Waals surface area contributed by atoms with Crippen molar-refractivity contribution in [2.45, 2.75) is 37.6 Å². The summed E-state index contributed by atoms with van der Waals surface area (Å²) in [6.45, 7) is 0.851. The molecule has 1 fully saturated rings. The van der Waals surface area contributed by atoms with Crippen LogP contribution in [0.3, 0.4) is 0 Å². The van der Waals surface area contributed by atoms with Crippen LogP contribution in [0.15, 0.2) is 84.9 Å². The van der Waals surface area contributed by atoms with E-state index in [1.54, 1.807) is 12.1 Å². The summed E-state index contributed by atoms with van der Waals surface area (Å²) in [6.07, 6.45) is -0.846. The third kappa shape index (κ3) is 7.00. The van der Waals surface area contributed by atoms with Crippen LogP contribution in [0, 0.1) is 0 Å². The largest absolute Gasteiger partial charge is 0.354 e. The van der Waals surface area contributed by atoms with Crippen molar-refractivity contribution >= 4 is 23.4 Å². The molecule has 3 aromatic rings. The zero-order valence-corrected chi connectivity index (χ0v) is 19.9. The van der Waals surface area contributed by atoms with Gasteiger partial charge >= 0.3 is 0 Å². The van der Waals surface area contributed by atoms with Crippen LogP contribution in [0.2, 0.25) is 0 Å². The maximum atomic E-state index is 13.0. The number of benzene rings is 3. The van der Waals surface area contributed by atoms with E-state index in [-0.39, 0.29) is 5.91 Å². The van der Waals surface area contributed by atoms with E-state index < -0.39 is 30.1 Å². The lowest BCUT2D eigenvalue weighted by Crippen LogP contribution is -2.50. The molecular weight excluding hydrogens is 456 g/mol. The first-order chi connectivity index (χ1) is 17.5. The Bertz CT molecular complexity index is 1170. The van der Waals surface area contributed by atoms with Crippen molar-refractivity contribution in [2.75, 3.05) is 11.9 Å². The van der Waals surface area contributed by atoms with Gasteiger partial charge in [-0.05, 0) is 35.2 Å². The molecule has 1 aliphatic heterocycles. The van der Waals surface area contributed by atoms with Crippen molar-refractivity contribution in [1.29, 1.82) is 0 Å². The quantitative estimate of drug-likeness (QED) is 0.308. The van der Waals surface area contributed by atoms with Crippen molar-refractivity contribution in [1.82, 2.24) is 10.6 Å². The van der Waals surface area contributed by atoms with Gasteiger partial charge in [0.25, 0.3) is 11.8 Å². The van der Waals surface area contributed by atoms with Gasteiger partial charge in [-0.2, -0.15) is 0 Å². The van der Waals surface area contributed by atoms with Crippen LogP contribution in [0.4, 0.5) is 5.69 Å². The molecule has 4 rings (SSSR count). The second kappa shape index (κ2) is 12.1. The van der Waals surface area contributed by atoms with Gasteiger partial charge in [0, 0.05) is 25.2 Å². The number of nitrogens with two attached hydrogens (primary N) is 1. The summed E-state index contributed by atoms with van der Waals surface area (Å²) in [4.78, 5) is 38.3. The lowest BCUT2D eigenvalue weighted by molar-refractivity contribution is -0.129. The molecule has 0 spiro atoms. The van der Waals surface area contributed by atoms with Crippen LogP contribution in [0.5, 0.6) is 0 Å². The Balaban J connectivity index is 1.32. The van der Waals surface area contributed by atoms with Crippen molar-refractivity contribution in [3.8, 4) is 0 Å². The average molecular weight is 487 g/mol. The predicted molar refractivity (Wildman–Crippen MR) is 137 cm³/mol. The molecule has 1 heterocycles. The summed E-state index contributed by atoms with van der Waals surface area (Å²) < 4.78 is 5.35. The predicted octanol–water partition coefficient (Wildman–Crippen LogP) is 1.94. The normalized spacial score (nSPS) is 17.0. The topological polar surface area (TPSA) is 126 Å². The Labute approximate surface area is 210 Å². The fraction of sp³-hybridized carbons (Fsp3) is 0.250. The van der Waals surface area contributed by atoms with Crippen molar-refractivity contribution in [3.05, 3.63) is 102 Å². The number of hydrogen-bond acceptors (Lipinski definition) is 5. The number of amides is 3. The Hall–Kier alpha value is -4.01. The van der Waals surface area contributed by atoms with Gasteiger partial charge in [-0.3, -0.25) is 14.4 Å². The van der Waals surface area contributed by atoms with Crippen molar-refractivity contribution in [3.63, 3.8) is 0 Å². The third-order valence-electron chi connectivity index (χ3n) is 5.94. The molecule has 3 aromatic carbocycles. The van der Waals surface area contributed by atoms with Gasteiger partial charge < -0.3 is 26.4 Å². The number of nitrogens with one attached hydrogen (secondary N) is 3. The van der Waals surface area contributed by atoms with Crippen molar-refractivity contribution in [2.24, 2.45) is 5.73 Å². The maximum absolute atomic E-state index is 13.0. The molecule has 8 nitrogen and oxygen atoms in total.